The monoisotopic (exact) mass is 521 g/mol. The molecular weight excluding hydrogens is 490 g/mol. The molecule has 2 atom stereocenters. The van der Waals surface area contributed by atoms with Crippen molar-refractivity contribution in [3.63, 3.8) is 0 Å². The number of rotatable bonds is 9. The summed E-state index contributed by atoms with van der Waals surface area (Å²) in [6.07, 6.45) is 5.55. The number of aromatic nitrogens is 2. The summed E-state index contributed by atoms with van der Waals surface area (Å²) in [6.45, 7) is 2.59. The Hall–Kier alpha value is -3.84. The average Bonchev–Trinajstić information content (AvgIpc) is 3.47. The zero-order chi connectivity index (χ0) is 26.4. The third-order valence-corrected chi connectivity index (χ3v) is 7.82. The summed E-state index contributed by atoms with van der Waals surface area (Å²) in [6, 6.07) is 9.98. The number of nitrogens with one attached hydrogen (secondary N) is 2. The predicted molar refractivity (Wildman–Crippen MR) is 141 cm³/mol. The van der Waals surface area contributed by atoms with E-state index in [0.717, 1.165) is 34.0 Å². The molecule has 0 aliphatic heterocycles. The minimum atomic E-state index is -0.476. The highest BCUT2D eigenvalue weighted by Gasteiger charge is 2.27. The van der Waals surface area contributed by atoms with Gasteiger partial charge in [0, 0.05) is 30.7 Å². The van der Waals surface area contributed by atoms with E-state index in [9.17, 15) is 14.9 Å². The maximum Gasteiger partial charge on any atom is 0.407 e. The second kappa shape index (κ2) is 11.9. The van der Waals surface area contributed by atoms with Crippen molar-refractivity contribution in [2.24, 2.45) is 13.0 Å². The zero-order valence-corrected chi connectivity index (χ0v) is 22.1. The van der Waals surface area contributed by atoms with Gasteiger partial charge in [-0.2, -0.15) is 5.26 Å². The summed E-state index contributed by atoms with van der Waals surface area (Å²) in [5.41, 5.74) is 2.57. The topological polar surface area (TPSA) is 118 Å². The van der Waals surface area contributed by atoms with Gasteiger partial charge in [0.2, 0.25) is 5.91 Å². The Morgan fingerprint density at radius 1 is 1.38 bits per heavy atom. The number of ether oxygens (including phenoxy) is 2. The number of imidazole rings is 1. The minimum absolute atomic E-state index is 0.000279. The molecule has 2 aromatic heterocycles. The molecule has 0 fully saturated rings. The Labute approximate surface area is 220 Å². The number of benzene rings is 1. The lowest BCUT2D eigenvalue weighted by molar-refractivity contribution is -0.116. The molecule has 3 aromatic rings. The number of nitriles is 1. The molecule has 0 bridgehead atoms. The maximum atomic E-state index is 12.8. The van der Waals surface area contributed by atoms with Crippen LogP contribution < -0.4 is 15.4 Å². The third-order valence-electron chi connectivity index (χ3n) is 6.65. The number of thiophene rings is 1. The third kappa shape index (κ3) is 6.49. The van der Waals surface area contributed by atoms with Crippen LogP contribution in [-0.4, -0.2) is 35.3 Å². The van der Waals surface area contributed by atoms with Crippen molar-refractivity contribution < 1.29 is 19.1 Å². The number of methoxy groups -OCH3 is 1. The van der Waals surface area contributed by atoms with Gasteiger partial charge in [0.25, 0.3) is 0 Å². The van der Waals surface area contributed by atoms with Gasteiger partial charge in [-0.05, 0) is 54.4 Å². The van der Waals surface area contributed by atoms with Crippen molar-refractivity contribution >= 4 is 28.3 Å². The number of carbonyl (C=O) groups excluding carboxylic acids is 2. The molecule has 0 saturated carbocycles. The normalized spacial score (nSPS) is 15.2. The van der Waals surface area contributed by atoms with Crippen LogP contribution >= 0.6 is 11.3 Å². The Bertz CT molecular complexity index is 1310. The number of nitrogens with zero attached hydrogens (tertiary/aromatic N) is 3. The molecular formula is C27H31N5O4S. The van der Waals surface area contributed by atoms with Crippen molar-refractivity contribution in [3.8, 4) is 11.8 Å². The largest absolute Gasteiger partial charge is 0.497 e. The Kier molecular flexibility index (Phi) is 8.46. The van der Waals surface area contributed by atoms with E-state index >= 15 is 0 Å². The molecule has 37 heavy (non-hydrogen) atoms. The summed E-state index contributed by atoms with van der Waals surface area (Å²) in [7, 11) is 3.48. The van der Waals surface area contributed by atoms with Crippen LogP contribution in [0.5, 0.6) is 5.75 Å². The first-order valence-electron chi connectivity index (χ1n) is 12.2. The number of carbonyl (C=O) groups is 2. The molecule has 0 radical (unpaired) electrons. The van der Waals surface area contributed by atoms with Gasteiger partial charge in [-0.1, -0.05) is 19.1 Å². The van der Waals surface area contributed by atoms with E-state index < -0.39 is 6.09 Å². The second-order valence-corrected chi connectivity index (χ2v) is 10.4. The molecule has 1 aliphatic carbocycles. The van der Waals surface area contributed by atoms with Gasteiger partial charge >= 0.3 is 6.09 Å². The van der Waals surface area contributed by atoms with E-state index in [1.807, 2.05) is 49.0 Å². The average molecular weight is 522 g/mol. The first-order valence-corrected chi connectivity index (χ1v) is 13.0. The summed E-state index contributed by atoms with van der Waals surface area (Å²) in [5.74, 6) is 1.53. The van der Waals surface area contributed by atoms with Crippen LogP contribution in [0.4, 0.5) is 9.80 Å². The number of alkyl carbamates (subject to hydrolysis) is 1. The predicted octanol–water partition coefficient (Wildman–Crippen LogP) is 4.53. The molecule has 2 amide bonds. The van der Waals surface area contributed by atoms with E-state index in [4.69, 9.17) is 9.47 Å². The standard InChI is InChI=1S/C27H31N5O4S/c1-17(19-5-4-6-20(13-19)35-3)11-25(33)31-26-22(14-28)21-8-7-18(12-23(21)37-26)16-36-27(34)30-15-24-29-9-10-32(24)2/h4-6,9-10,13,17-18H,7-8,11-12,15-16H2,1-3H3,(H,30,34)(H,31,33). The van der Waals surface area contributed by atoms with E-state index in [0.29, 0.717) is 43.0 Å². The summed E-state index contributed by atoms with van der Waals surface area (Å²) in [5, 5.41) is 16.1. The highest BCUT2D eigenvalue weighted by atomic mass is 32.1. The van der Waals surface area contributed by atoms with Crippen LogP contribution in [0.3, 0.4) is 0 Å². The Balaban J connectivity index is 1.31. The van der Waals surface area contributed by atoms with Gasteiger partial charge in [0.1, 0.15) is 22.6 Å². The van der Waals surface area contributed by atoms with E-state index in [2.05, 4.69) is 21.7 Å². The fourth-order valence-electron chi connectivity index (χ4n) is 4.49. The lowest BCUT2D eigenvalue weighted by Crippen LogP contribution is -2.28. The lowest BCUT2D eigenvalue weighted by Gasteiger charge is -2.21. The number of hydrogen-bond acceptors (Lipinski definition) is 7. The van der Waals surface area contributed by atoms with Crippen molar-refractivity contribution in [1.82, 2.24) is 14.9 Å². The molecule has 10 heteroatoms. The molecule has 1 aliphatic rings. The highest BCUT2D eigenvalue weighted by Crippen LogP contribution is 2.39. The number of aryl methyl sites for hydroxylation is 1. The summed E-state index contributed by atoms with van der Waals surface area (Å²) in [4.78, 5) is 30.2. The quantitative estimate of drug-likeness (QED) is 0.427. The first-order chi connectivity index (χ1) is 17.9. The van der Waals surface area contributed by atoms with E-state index in [1.54, 1.807) is 13.3 Å². The van der Waals surface area contributed by atoms with Crippen LogP contribution in [0.25, 0.3) is 0 Å². The molecule has 194 valence electrons. The van der Waals surface area contributed by atoms with Crippen molar-refractivity contribution in [3.05, 3.63) is 64.1 Å². The van der Waals surface area contributed by atoms with Crippen LogP contribution in [0.1, 0.15) is 53.1 Å². The van der Waals surface area contributed by atoms with Crippen LogP contribution in [0.2, 0.25) is 0 Å². The molecule has 4 rings (SSSR count). The van der Waals surface area contributed by atoms with E-state index in [-0.39, 0.29) is 17.7 Å². The van der Waals surface area contributed by atoms with Crippen LogP contribution in [0.15, 0.2) is 36.7 Å². The fraction of sp³-hybridized carbons (Fsp3) is 0.407. The van der Waals surface area contributed by atoms with Gasteiger partial charge in [-0.3, -0.25) is 4.79 Å². The highest BCUT2D eigenvalue weighted by molar-refractivity contribution is 7.16. The second-order valence-electron chi connectivity index (χ2n) is 9.26. The molecule has 2 heterocycles. The van der Waals surface area contributed by atoms with Gasteiger partial charge < -0.3 is 24.7 Å². The van der Waals surface area contributed by atoms with Crippen molar-refractivity contribution in [2.45, 2.75) is 45.1 Å². The number of fused-ring (bicyclic) bond motifs is 1. The van der Waals surface area contributed by atoms with Crippen LogP contribution in [0, 0.1) is 17.2 Å². The molecule has 1 aromatic carbocycles. The fourth-order valence-corrected chi connectivity index (χ4v) is 5.82. The smallest absolute Gasteiger partial charge is 0.407 e. The van der Waals surface area contributed by atoms with Crippen LogP contribution in [-0.2, 0) is 36.0 Å². The number of anilines is 1. The Morgan fingerprint density at radius 3 is 2.95 bits per heavy atom. The SMILES string of the molecule is COc1cccc(C(C)CC(=O)Nc2sc3c(c2C#N)CCC(COC(=O)NCc2nccn2C)C3)c1. The first kappa shape index (κ1) is 26.2. The molecule has 0 saturated heterocycles. The number of amides is 2. The molecule has 2 N–H and O–H groups in total. The van der Waals surface area contributed by atoms with Gasteiger partial charge in [0.15, 0.2) is 0 Å². The molecule has 9 nitrogen and oxygen atoms in total. The zero-order valence-electron chi connectivity index (χ0n) is 21.2. The van der Waals surface area contributed by atoms with Gasteiger partial charge in [-0.15, -0.1) is 11.3 Å². The van der Waals surface area contributed by atoms with Crippen molar-refractivity contribution in [2.75, 3.05) is 19.0 Å². The van der Waals surface area contributed by atoms with Gasteiger partial charge in [-0.25, -0.2) is 9.78 Å². The maximum absolute atomic E-state index is 12.8. The number of hydrogen-bond donors (Lipinski definition) is 2. The Morgan fingerprint density at radius 2 is 2.22 bits per heavy atom. The van der Waals surface area contributed by atoms with Gasteiger partial charge in [0.05, 0.1) is 25.8 Å². The summed E-state index contributed by atoms with van der Waals surface area (Å²) >= 11 is 1.45. The molecule has 0 spiro atoms. The molecule has 2 unspecified atom stereocenters. The van der Waals surface area contributed by atoms with Crippen molar-refractivity contribution in [1.29, 1.82) is 5.26 Å². The minimum Gasteiger partial charge on any atom is -0.497 e. The van der Waals surface area contributed by atoms with E-state index in [1.165, 1.54) is 11.3 Å². The lowest BCUT2D eigenvalue weighted by atomic mass is 9.88. The summed E-state index contributed by atoms with van der Waals surface area (Å²) < 4.78 is 12.6.